The highest BCUT2D eigenvalue weighted by Crippen LogP contribution is 2.27. The molecule has 134 valence electrons. The quantitative estimate of drug-likeness (QED) is 0.753. The number of hydrogen-bond donors (Lipinski definition) is 2. The molecule has 1 aliphatic carbocycles. The molecule has 0 atom stereocenters. The fourth-order valence-corrected chi connectivity index (χ4v) is 3.96. The smallest absolute Gasteiger partial charge is 0.153 e. The number of aromatic amines is 1. The molecule has 7 nitrogen and oxygen atoms in total. The van der Waals surface area contributed by atoms with E-state index in [0.29, 0.717) is 5.92 Å². The van der Waals surface area contributed by atoms with Crippen LogP contribution in [-0.2, 0) is 12.8 Å². The van der Waals surface area contributed by atoms with E-state index >= 15 is 0 Å². The fraction of sp³-hybridized carbons (Fsp3) is 0.474. The maximum atomic E-state index is 4.45. The summed E-state index contributed by atoms with van der Waals surface area (Å²) in [7, 11) is 0. The Hall–Kier alpha value is -2.70. The number of nitrogens with zero attached hydrogens (tertiary/aromatic N) is 5. The zero-order valence-corrected chi connectivity index (χ0v) is 15.0. The molecule has 0 radical (unpaired) electrons. The van der Waals surface area contributed by atoms with Crippen molar-refractivity contribution in [1.29, 1.82) is 0 Å². The van der Waals surface area contributed by atoms with E-state index in [0.717, 1.165) is 60.8 Å². The Labute approximate surface area is 152 Å². The van der Waals surface area contributed by atoms with E-state index < -0.39 is 0 Å². The van der Waals surface area contributed by atoms with Gasteiger partial charge in [0, 0.05) is 31.2 Å². The van der Waals surface area contributed by atoms with Gasteiger partial charge in [0.2, 0.25) is 0 Å². The van der Waals surface area contributed by atoms with Crippen molar-refractivity contribution in [2.45, 2.75) is 32.6 Å². The lowest BCUT2D eigenvalue weighted by Crippen LogP contribution is -2.50. The van der Waals surface area contributed by atoms with Crippen molar-refractivity contribution >= 4 is 22.7 Å². The molecule has 0 aromatic carbocycles. The van der Waals surface area contributed by atoms with Gasteiger partial charge in [0.1, 0.15) is 11.8 Å². The third-order valence-electron chi connectivity index (χ3n) is 5.45. The number of aryl methyl sites for hydroxylation is 3. The van der Waals surface area contributed by atoms with Crippen LogP contribution in [0.5, 0.6) is 0 Å². The topological polar surface area (TPSA) is 82.6 Å². The Morgan fingerprint density at radius 3 is 2.96 bits per heavy atom. The minimum atomic E-state index is 0.592. The second-order valence-corrected chi connectivity index (χ2v) is 7.47. The molecule has 7 heteroatoms. The molecule has 0 amide bonds. The number of fused-ring (bicyclic) bond motifs is 2. The summed E-state index contributed by atoms with van der Waals surface area (Å²) in [5, 5.41) is 12.4. The SMILES string of the molecule is Cc1cc2ncnc(NCC3CN(c4cc5c(nn4)CCCC5)C3)c2[nH]1. The summed E-state index contributed by atoms with van der Waals surface area (Å²) in [6.07, 6.45) is 6.37. The number of rotatable bonds is 4. The van der Waals surface area contributed by atoms with Crippen molar-refractivity contribution in [3.05, 3.63) is 35.4 Å². The standard InChI is InChI=1S/C19H23N7/c1-12-6-16-18(23-12)19(22-11-21-16)20-8-13-9-26(10-13)17-7-14-4-2-3-5-15(14)24-25-17/h6-7,11,13,23H,2-5,8-10H2,1H3,(H,20,21,22). The van der Waals surface area contributed by atoms with E-state index in [1.54, 1.807) is 6.33 Å². The number of anilines is 2. The van der Waals surface area contributed by atoms with E-state index in [9.17, 15) is 0 Å². The van der Waals surface area contributed by atoms with Crippen LogP contribution in [0.2, 0.25) is 0 Å². The first-order valence-electron chi connectivity index (χ1n) is 9.41. The summed E-state index contributed by atoms with van der Waals surface area (Å²) in [5.41, 5.74) is 5.65. The third-order valence-corrected chi connectivity index (χ3v) is 5.45. The van der Waals surface area contributed by atoms with Crippen LogP contribution in [0, 0.1) is 12.8 Å². The molecule has 26 heavy (non-hydrogen) atoms. The molecule has 1 aliphatic heterocycles. The molecule has 0 unspecified atom stereocenters. The van der Waals surface area contributed by atoms with Gasteiger partial charge in [0.15, 0.2) is 11.6 Å². The molecule has 0 spiro atoms. The third kappa shape index (κ3) is 2.77. The Bertz CT molecular complexity index is 942. The molecule has 1 saturated heterocycles. The number of nitrogens with one attached hydrogen (secondary N) is 2. The highest BCUT2D eigenvalue weighted by molar-refractivity contribution is 5.86. The largest absolute Gasteiger partial charge is 0.368 e. The van der Waals surface area contributed by atoms with Crippen molar-refractivity contribution in [3.8, 4) is 0 Å². The molecule has 3 aromatic rings. The van der Waals surface area contributed by atoms with Crippen LogP contribution in [0.3, 0.4) is 0 Å². The molecule has 4 heterocycles. The van der Waals surface area contributed by atoms with E-state index in [1.807, 2.05) is 13.0 Å². The molecule has 5 rings (SSSR count). The summed E-state index contributed by atoms with van der Waals surface area (Å²) in [4.78, 5) is 14.3. The molecule has 0 saturated carbocycles. The lowest BCUT2D eigenvalue weighted by molar-refractivity contribution is 0.424. The van der Waals surface area contributed by atoms with E-state index in [2.05, 4.69) is 41.4 Å². The lowest BCUT2D eigenvalue weighted by Gasteiger charge is -2.40. The van der Waals surface area contributed by atoms with Gasteiger partial charge in [-0.3, -0.25) is 0 Å². The first kappa shape index (κ1) is 15.5. The maximum absolute atomic E-state index is 4.45. The first-order chi connectivity index (χ1) is 12.8. The average molecular weight is 349 g/mol. The molecule has 2 N–H and O–H groups in total. The summed E-state index contributed by atoms with van der Waals surface area (Å²) in [5.74, 6) is 2.51. The van der Waals surface area contributed by atoms with Gasteiger partial charge < -0.3 is 15.2 Å². The maximum Gasteiger partial charge on any atom is 0.153 e. The molecule has 1 fully saturated rings. The van der Waals surface area contributed by atoms with Crippen molar-refractivity contribution in [2.24, 2.45) is 5.92 Å². The van der Waals surface area contributed by atoms with Crippen LogP contribution in [0.1, 0.15) is 29.8 Å². The molecular formula is C19H23N7. The van der Waals surface area contributed by atoms with Gasteiger partial charge in [-0.1, -0.05) is 0 Å². The highest BCUT2D eigenvalue weighted by atomic mass is 15.3. The number of hydrogen-bond acceptors (Lipinski definition) is 6. The summed E-state index contributed by atoms with van der Waals surface area (Å²) in [6.45, 7) is 4.96. The Balaban J connectivity index is 1.21. The van der Waals surface area contributed by atoms with Crippen LogP contribution in [0.4, 0.5) is 11.6 Å². The van der Waals surface area contributed by atoms with Crippen LogP contribution >= 0.6 is 0 Å². The van der Waals surface area contributed by atoms with Crippen molar-refractivity contribution < 1.29 is 0 Å². The Morgan fingerprint density at radius 1 is 1.15 bits per heavy atom. The predicted octanol–water partition coefficient (Wildman–Crippen LogP) is 2.48. The molecule has 3 aromatic heterocycles. The van der Waals surface area contributed by atoms with Gasteiger partial charge >= 0.3 is 0 Å². The first-order valence-corrected chi connectivity index (χ1v) is 9.41. The van der Waals surface area contributed by atoms with Crippen LogP contribution in [0.15, 0.2) is 18.5 Å². The normalized spacial score (nSPS) is 17.2. The van der Waals surface area contributed by atoms with Gasteiger partial charge in [-0.15, -0.1) is 5.10 Å². The van der Waals surface area contributed by atoms with Crippen LogP contribution < -0.4 is 10.2 Å². The minimum absolute atomic E-state index is 0.592. The molecule has 0 bridgehead atoms. The monoisotopic (exact) mass is 349 g/mol. The highest BCUT2D eigenvalue weighted by Gasteiger charge is 2.29. The second-order valence-electron chi connectivity index (χ2n) is 7.47. The van der Waals surface area contributed by atoms with Gasteiger partial charge in [-0.25, -0.2) is 9.97 Å². The predicted molar refractivity (Wildman–Crippen MR) is 101 cm³/mol. The molecule has 2 aliphatic rings. The van der Waals surface area contributed by atoms with Crippen molar-refractivity contribution in [2.75, 3.05) is 29.9 Å². The number of aromatic nitrogens is 5. The van der Waals surface area contributed by atoms with Gasteiger partial charge in [0.05, 0.1) is 11.2 Å². The number of H-pyrrole nitrogens is 1. The zero-order chi connectivity index (χ0) is 17.5. The average Bonchev–Trinajstić information content (AvgIpc) is 3.01. The molecular weight excluding hydrogens is 326 g/mol. The van der Waals surface area contributed by atoms with Crippen molar-refractivity contribution in [1.82, 2.24) is 25.1 Å². The Kier molecular flexibility index (Phi) is 3.72. The summed E-state index contributed by atoms with van der Waals surface area (Å²) in [6, 6.07) is 4.29. The fourth-order valence-electron chi connectivity index (χ4n) is 3.96. The van der Waals surface area contributed by atoms with Crippen LogP contribution in [0.25, 0.3) is 11.0 Å². The van der Waals surface area contributed by atoms with Gasteiger partial charge in [-0.05, 0) is 50.3 Å². The van der Waals surface area contributed by atoms with E-state index in [1.165, 1.54) is 24.1 Å². The lowest BCUT2D eigenvalue weighted by atomic mass is 9.95. The Morgan fingerprint density at radius 2 is 2.04 bits per heavy atom. The zero-order valence-electron chi connectivity index (χ0n) is 15.0. The summed E-state index contributed by atoms with van der Waals surface area (Å²) < 4.78 is 0. The summed E-state index contributed by atoms with van der Waals surface area (Å²) >= 11 is 0. The van der Waals surface area contributed by atoms with E-state index in [-0.39, 0.29) is 0 Å². The van der Waals surface area contributed by atoms with E-state index in [4.69, 9.17) is 0 Å². The van der Waals surface area contributed by atoms with Gasteiger partial charge in [0.25, 0.3) is 0 Å². The van der Waals surface area contributed by atoms with Crippen LogP contribution in [-0.4, -0.2) is 44.8 Å². The van der Waals surface area contributed by atoms with Crippen molar-refractivity contribution in [3.63, 3.8) is 0 Å². The second kappa shape index (κ2) is 6.23. The minimum Gasteiger partial charge on any atom is -0.368 e. The van der Waals surface area contributed by atoms with Gasteiger partial charge in [-0.2, -0.15) is 5.10 Å².